The second kappa shape index (κ2) is 8.18. The number of anilines is 3. The maximum Gasteiger partial charge on any atom is 0.255 e. The number of hydrogen-bond donors (Lipinski definition) is 3. The molecule has 0 aliphatic carbocycles. The van der Waals surface area contributed by atoms with Crippen LogP contribution in [0.1, 0.15) is 11.1 Å². The molecule has 2 heterocycles. The van der Waals surface area contributed by atoms with Crippen molar-refractivity contribution in [1.29, 1.82) is 0 Å². The summed E-state index contributed by atoms with van der Waals surface area (Å²) >= 11 is 0. The Hall–Kier alpha value is -4.14. The third-order valence-corrected chi connectivity index (χ3v) is 5.03. The first kappa shape index (κ1) is 21.1. The minimum atomic E-state index is -0.838. The van der Waals surface area contributed by atoms with Gasteiger partial charge in [0, 0.05) is 23.6 Å². The number of aryl methyl sites for hydroxylation is 2. The van der Waals surface area contributed by atoms with Gasteiger partial charge in [-0.3, -0.25) is 9.20 Å². The minimum Gasteiger partial charge on any atom is -0.483 e. The van der Waals surface area contributed by atoms with Crippen LogP contribution in [-0.4, -0.2) is 21.9 Å². The van der Waals surface area contributed by atoms with Gasteiger partial charge in [-0.25, -0.2) is 13.8 Å². The van der Waals surface area contributed by atoms with Crippen LogP contribution in [0, 0.1) is 25.5 Å². The molecular weight excluding hydrogens is 416 g/mol. The summed E-state index contributed by atoms with van der Waals surface area (Å²) < 4.78 is 35.6. The van der Waals surface area contributed by atoms with Crippen molar-refractivity contribution in [3.8, 4) is 17.0 Å². The Balaban J connectivity index is 2.00. The molecule has 0 radical (unpaired) electrons. The van der Waals surface area contributed by atoms with E-state index in [9.17, 15) is 13.6 Å². The fourth-order valence-electron chi connectivity index (χ4n) is 3.57. The van der Waals surface area contributed by atoms with Gasteiger partial charge in [0.05, 0.1) is 5.56 Å². The summed E-state index contributed by atoms with van der Waals surface area (Å²) in [6.45, 7) is 3.45. The summed E-state index contributed by atoms with van der Waals surface area (Å²) in [5.41, 5.74) is 14.8. The van der Waals surface area contributed by atoms with Gasteiger partial charge in [0.25, 0.3) is 5.91 Å². The lowest BCUT2D eigenvalue weighted by molar-refractivity contribution is -0.119. The molecule has 2 aromatic heterocycles. The van der Waals surface area contributed by atoms with Gasteiger partial charge in [-0.1, -0.05) is 24.3 Å². The van der Waals surface area contributed by atoms with Gasteiger partial charge < -0.3 is 21.5 Å². The van der Waals surface area contributed by atoms with Gasteiger partial charge in [0.15, 0.2) is 18.1 Å². The molecule has 0 fully saturated rings. The summed E-state index contributed by atoms with van der Waals surface area (Å²) in [4.78, 5) is 15.7. The number of halogens is 2. The number of pyridine rings is 1. The second-order valence-corrected chi connectivity index (χ2v) is 7.38. The molecular formula is C23H21F2N5O2. The van der Waals surface area contributed by atoms with Gasteiger partial charge in [0.2, 0.25) is 0 Å². The lowest BCUT2D eigenvalue weighted by Gasteiger charge is -2.16. The highest BCUT2D eigenvalue weighted by Gasteiger charge is 2.23. The maximum absolute atomic E-state index is 14.6. The van der Waals surface area contributed by atoms with Gasteiger partial charge in [0.1, 0.15) is 23.1 Å². The first-order valence-corrected chi connectivity index (χ1v) is 9.76. The van der Waals surface area contributed by atoms with E-state index in [1.54, 1.807) is 18.2 Å². The van der Waals surface area contributed by atoms with Crippen LogP contribution in [0.15, 0.2) is 48.7 Å². The topological polar surface area (TPSA) is 108 Å². The van der Waals surface area contributed by atoms with Crippen LogP contribution >= 0.6 is 0 Å². The molecule has 5 N–H and O–H groups in total. The van der Waals surface area contributed by atoms with Crippen LogP contribution in [0.3, 0.4) is 0 Å². The molecule has 0 saturated carbocycles. The second-order valence-electron chi connectivity index (χ2n) is 7.38. The van der Waals surface area contributed by atoms with E-state index >= 15 is 0 Å². The van der Waals surface area contributed by atoms with E-state index in [0.29, 0.717) is 5.56 Å². The number of nitrogens with one attached hydrogen (secondary N) is 1. The van der Waals surface area contributed by atoms with Crippen molar-refractivity contribution in [3.63, 3.8) is 0 Å². The van der Waals surface area contributed by atoms with E-state index in [2.05, 4.69) is 10.3 Å². The summed E-state index contributed by atoms with van der Waals surface area (Å²) in [7, 11) is 0. The maximum atomic E-state index is 14.6. The van der Waals surface area contributed by atoms with Gasteiger partial charge in [-0.2, -0.15) is 0 Å². The molecule has 0 atom stereocenters. The number of imidazole rings is 1. The van der Waals surface area contributed by atoms with Crippen LogP contribution in [-0.2, 0) is 4.79 Å². The Bertz CT molecular complexity index is 1330. The summed E-state index contributed by atoms with van der Waals surface area (Å²) in [6.07, 6.45) is 1.13. The smallest absolute Gasteiger partial charge is 0.255 e. The first-order chi connectivity index (χ1) is 15.3. The van der Waals surface area contributed by atoms with Crippen molar-refractivity contribution in [2.75, 3.05) is 17.7 Å². The molecule has 2 aromatic carbocycles. The zero-order valence-electron chi connectivity index (χ0n) is 17.4. The van der Waals surface area contributed by atoms with Crippen molar-refractivity contribution in [2.24, 2.45) is 5.73 Å². The highest BCUT2D eigenvalue weighted by molar-refractivity contribution is 5.90. The number of benzene rings is 2. The fraction of sp³-hybridized carbons (Fsp3) is 0.130. The average molecular weight is 437 g/mol. The lowest BCUT2D eigenvalue weighted by atomic mass is 10.1. The lowest BCUT2D eigenvalue weighted by Crippen LogP contribution is -2.20. The van der Waals surface area contributed by atoms with E-state index in [0.717, 1.165) is 29.1 Å². The summed E-state index contributed by atoms with van der Waals surface area (Å²) in [5.74, 6) is -1.75. The largest absolute Gasteiger partial charge is 0.483 e. The molecule has 0 saturated heterocycles. The number of para-hydroxylation sites is 1. The number of ether oxygens (including phenoxy) is 1. The van der Waals surface area contributed by atoms with Crippen molar-refractivity contribution < 1.29 is 18.3 Å². The number of amides is 1. The normalized spacial score (nSPS) is 11.0. The van der Waals surface area contributed by atoms with Crippen molar-refractivity contribution >= 4 is 28.7 Å². The Morgan fingerprint density at radius 1 is 1.16 bits per heavy atom. The molecule has 4 aromatic rings. The van der Waals surface area contributed by atoms with Crippen LogP contribution in [0.25, 0.3) is 16.9 Å². The number of aromatic nitrogens is 2. The molecule has 164 valence electrons. The molecule has 1 amide bonds. The summed E-state index contributed by atoms with van der Waals surface area (Å²) in [5, 5.41) is 3.27. The SMILES string of the molecule is Cc1cccc(C)c1Nc1c(-c2c(N)cccc2OCC(N)=O)nc2c(F)cc(F)cn12. The Morgan fingerprint density at radius 3 is 2.53 bits per heavy atom. The minimum absolute atomic E-state index is 0.0979. The highest BCUT2D eigenvalue weighted by Crippen LogP contribution is 2.41. The number of nitrogens with two attached hydrogens (primary N) is 2. The first-order valence-electron chi connectivity index (χ1n) is 9.76. The number of nitrogen functional groups attached to an aromatic ring is 1. The number of carbonyl (C=O) groups is 1. The number of carbonyl (C=O) groups excluding carboxylic acids is 1. The monoisotopic (exact) mass is 437 g/mol. The zero-order valence-corrected chi connectivity index (χ0v) is 17.4. The molecule has 32 heavy (non-hydrogen) atoms. The van der Waals surface area contributed by atoms with Crippen molar-refractivity contribution in [3.05, 3.63) is 71.4 Å². The van der Waals surface area contributed by atoms with Crippen LogP contribution in [0.4, 0.5) is 26.0 Å². The van der Waals surface area contributed by atoms with Crippen molar-refractivity contribution in [1.82, 2.24) is 9.38 Å². The molecule has 0 bridgehead atoms. The van der Waals surface area contributed by atoms with Gasteiger partial charge in [-0.15, -0.1) is 0 Å². The fourth-order valence-corrected chi connectivity index (χ4v) is 3.57. The van der Waals surface area contributed by atoms with Crippen LogP contribution in [0.5, 0.6) is 5.75 Å². The van der Waals surface area contributed by atoms with E-state index in [4.69, 9.17) is 16.2 Å². The van der Waals surface area contributed by atoms with E-state index in [1.807, 2.05) is 32.0 Å². The van der Waals surface area contributed by atoms with E-state index < -0.39 is 17.5 Å². The molecule has 0 spiro atoms. The Morgan fingerprint density at radius 2 is 1.84 bits per heavy atom. The standard InChI is InChI=1S/C23H21F2N5O2/c1-12-5-3-6-13(2)20(12)28-23-21(29-22-15(25)9-14(24)10-30(22)23)19-16(26)7-4-8-17(19)32-11-18(27)31/h3-10,28H,11,26H2,1-2H3,(H2,27,31). The molecule has 0 unspecified atom stereocenters. The van der Waals surface area contributed by atoms with Crippen LogP contribution < -0.4 is 21.5 Å². The number of rotatable bonds is 6. The Labute approximate surface area is 182 Å². The molecule has 0 aliphatic heterocycles. The molecule has 0 aliphatic rings. The zero-order chi connectivity index (χ0) is 23.0. The molecule has 9 heteroatoms. The van der Waals surface area contributed by atoms with Crippen molar-refractivity contribution in [2.45, 2.75) is 13.8 Å². The number of nitrogens with zero attached hydrogens (tertiary/aromatic N) is 2. The van der Waals surface area contributed by atoms with Gasteiger partial charge >= 0.3 is 0 Å². The van der Waals surface area contributed by atoms with Crippen LogP contribution in [0.2, 0.25) is 0 Å². The third-order valence-electron chi connectivity index (χ3n) is 5.03. The van der Waals surface area contributed by atoms with E-state index in [-0.39, 0.29) is 35.2 Å². The van der Waals surface area contributed by atoms with E-state index in [1.165, 1.54) is 4.40 Å². The van der Waals surface area contributed by atoms with Gasteiger partial charge in [-0.05, 0) is 37.1 Å². The average Bonchev–Trinajstić information content (AvgIpc) is 3.07. The predicted octanol–water partition coefficient (Wildman–Crippen LogP) is 4.09. The molecule has 7 nitrogen and oxygen atoms in total. The highest BCUT2D eigenvalue weighted by atomic mass is 19.1. The quantitative estimate of drug-likeness (QED) is 0.394. The Kier molecular flexibility index (Phi) is 5.40. The number of primary amides is 1. The number of hydrogen-bond acceptors (Lipinski definition) is 5. The molecule has 4 rings (SSSR count). The summed E-state index contributed by atoms with van der Waals surface area (Å²) in [6, 6.07) is 11.4. The number of fused-ring (bicyclic) bond motifs is 1. The predicted molar refractivity (Wildman–Crippen MR) is 119 cm³/mol. The third kappa shape index (κ3) is 3.80.